The highest BCUT2D eigenvalue weighted by molar-refractivity contribution is 5.99. The summed E-state index contributed by atoms with van der Waals surface area (Å²) in [4.78, 5) is 30.9. The van der Waals surface area contributed by atoms with E-state index in [1.54, 1.807) is 35.4 Å². The van der Waals surface area contributed by atoms with Crippen LogP contribution in [0.25, 0.3) is 0 Å². The van der Waals surface area contributed by atoms with Gasteiger partial charge in [-0.1, -0.05) is 6.07 Å². The number of carbonyl (C=O) groups excluding carboxylic acids is 2. The van der Waals surface area contributed by atoms with Crippen LogP contribution >= 0.6 is 0 Å². The van der Waals surface area contributed by atoms with Gasteiger partial charge in [-0.05, 0) is 31.2 Å². The molecule has 1 aliphatic heterocycles. The number of phenols is 1. The van der Waals surface area contributed by atoms with Crippen molar-refractivity contribution >= 4 is 11.7 Å². The second-order valence-corrected chi connectivity index (χ2v) is 6.72. The van der Waals surface area contributed by atoms with Crippen molar-refractivity contribution in [2.75, 3.05) is 33.0 Å². The van der Waals surface area contributed by atoms with E-state index in [-0.39, 0.29) is 54.6 Å². The molecule has 1 fully saturated rings. The van der Waals surface area contributed by atoms with Crippen molar-refractivity contribution in [3.05, 3.63) is 53.3 Å². The van der Waals surface area contributed by atoms with Gasteiger partial charge >= 0.3 is 0 Å². The molecular formula is C21H24N2O6. The van der Waals surface area contributed by atoms with E-state index < -0.39 is 0 Å². The molecule has 3 rings (SSSR count). The zero-order valence-electron chi connectivity index (χ0n) is 16.2. The van der Waals surface area contributed by atoms with Crippen LogP contribution < -0.4 is 4.74 Å². The molecule has 29 heavy (non-hydrogen) atoms. The highest BCUT2D eigenvalue weighted by atomic mass is 16.5. The average molecular weight is 400 g/mol. The smallest absolute Gasteiger partial charge is 0.256 e. The number of amides is 1. The first-order valence-electron chi connectivity index (χ1n) is 9.42. The van der Waals surface area contributed by atoms with Gasteiger partial charge in [-0.15, -0.1) is 0 Å². The number of ether oxygens (including phenoxy) is 2. The highest BCUT2D eigenvalue weighted by Gasteiger charge is 2.30. The number of ketones is 1. The molecule has 1 amide bonds. The van der Waals surface area contributed by atoms with Crippen molar-refractivity contribution in [1.29, 1.82) is 0 Å². The van der Waals surface area contributed by atoms with Crippen molar-refractivity contribution in [1.82, 2.24) is 9.88 Å². The minimum atomic E-state index is -0.374. The maximum Gasteiger partial charge on any atom is 0.256 e. The number of nitrogens with zero attached hydrogens (tertiary/aromatic N) is 2. The van der Waals surface area contributed by atoms with Gasteiger partial charge in [-0.3, -0.25) is 14.6 Å². The van der Waals surface area contributed by atoms with Crippen LogP contribution in [0.3, 0.4) is 0 Å². The summed E-state index contributed by atoms with van der Waals surface area (Å²) < 4.78 is 11.3. The Morgan fingerprint density at radius 1 is 1.31 bits per heavy atom. The summed E-state index contributed by atoms with van der Waals surface area (Å²) >= 11 is 0. The van der Waals surface area contributed by atoms with E-state index in [2.05, 4.69) is 4.98 Å². The number of pyridine rings is 1. The number of aromatic hydroxyl groups is 1. The molecule has 154 valence electrons. The molecule has 2 aromatic rings. The number of Topliss-reactive ketones (excluding diaryl/α,β-unsaturated/α-hetero) is 1. The molecule has 0 spiro atoms. The Hall–Kier alpha value is -2.97. The summed E-state index contributed by atoms with van der Waals surface area (Å²) in [6.45, 7) is 2.44. The molecule has 2 heterocycles. The predicted molar refractivity (Wildman–Crippen MR) is 104 cm³/mol. The van der Waals surface area contributed by atoms with Gasteiger partial charge in [0.25, 0.3) is 5.91 Å². The largest absolute Gasteiger partial charge is 0.507 e. The molecule has 8 heteroatoms. The lowest BCUT2D eigenvalue weighted by Crippen LogP contribution is -2.51. The maximum atomic E-state index is 13.1. The number of benzene rings is 1. The Bertz CT molecular complexity index is 885. The third-order valence-corrected chi connectivity index (χ3v) is 4.75. The third kappa shape index (κ3) is 4.72. The molecule has 0 saturated carbocycles. The van der Waals surface area contributed by atoms with Crippen molar-refractivity contribution in [3.63, 3.8) is 0 Å². The van der Waals surface area contributed by atoms with Gasteiger partial charge in [-0.25, -0.2) is 0 Å². The van der Waals surface area contributed by atoms with Gasteiger partial charge in [0.2, 0.25) is 0 Å². The van der Waals surface area contributed by atoms with Crippen LogP contribution in [0, 0.1) is 0 Å². The highest BCUT2D eigenvalue weighted by Crippen LogP contribution is 2.28. The van der Waals surface area contributed by atoms with Crippen LogP contribution in [0.4, 0.5) is 0 Å². The molecule has 1 atom stereocenters. The predicted octanol–water partition coefficient (Wildman–Crippen LogP) is 1.44. The topological polar surface area (TPSA) is 109 Å². The molecule has 1 aromatic heterocycles. The monoisotopic (exact) mass is 400 g/mol. The molecule has 8 nitrogen and oxygen atoms in total. The zero-order chi connectivity index (χ0) is 20.8. The first kappa shape index (κ1) is 20.8. The number of aliphatic hydroxyl groups is 1. The Balaban J connectivity index is 1.78. The van der Waals surface area contributed by atoms with Crippen LogP contribution in [0.1, 0.15) is 33.3 Å². The SMILES string of the molecule is CC(=O)c1c(O)cccc1OC[C@@H]1COCCN1C(=O)c1cccnc1CCO. The van der Waals surface area contributed by atoms with Crippen LogP contribution in [0.15, 0.2) is 36.5 Å². The van der Waals surface area contributed by atoms with Crippen molar-refractivity contribution in [3.8, 4) is 11.5 Å². The summed E-state index contributed by atoms with van der Waals surface area (Å²) in [6, 6.07) is 7.62. The van der Waals surface area contributed by atoms with E-state index in [4.69, 9.17) is 9.47 Å². The number of phenolic OH excluding ortho intramolecular Hbond substituents is 1. The minimum Gasteiger partial charge on any atom is -0.507 e. The molecule has 0 bridgehead atoms. The number of carbonyl (C=O) groups is 2. The van der Waals surface area contributed by atoms with E-state index >= 15 is 0 Å². The van der Waals surface area contributed by atoms with E-state index in [1.807, 2.05) is 0 Å². The minimum absolute atomic E-state index is 0.0989. The molecule has 0 unspecified atom stereocenters. The number of aliphatic hydroxyl groups excluding tert-OH is 1. The van der Waals surface area contributed by atoms with Gasteiger partial charge in [0.05, 0.1) is 30.5 Å². The molecule has 1 saturated heterocycles. The van der Waals surface area contributed by atoms with Gasteiger partial charge < -0.3 is 24.6 Å². The maximum absolute atomic E-state index is 13.1. The molecule has 0 aliphatic carbocycles. The molecule has 1 aliphatic rings. The third-order valence-electron chi connectivity index (χ3n) is 4.75. The number of hydrogen-bond donors (Lipinski definition) is 2. The number of aromatic nitrogens is 1. The van der Waals surface area contributed by atoms with Crippen LogP contribution in [-0.2, 0) is 11.2 Å². The fourth-order valence-electron chi connectivity index (χ4n) is 3.33. The van der Waals surface area contributed by atoms with Gasteiger partial charge in [0.1, 0.15) is 23.7 Å². The first-order valence-corrected chi connectivity index (χ1v) is 9.42. The molecule has 1 aromatic carbocycles. The quantitative estimate of drug-likeness (QED) is 0.677. The van der Waals surface area contributed by atoms with Gasteiger partial charge in [0, 0.05) is 25.8 Å². The van der Waals surface area contributed by atoms with E-state index in [9.17, 15) is 19.8 Å². The summed E-state index contributed by atoms with van der Waals surface area (Å²) in [7, 11) is 0. The average Bonchev–Trinajstić information content (AvgIpc) is 2.72. The number of hydrogen-bond acceptors (Lipinski definition) is 7. The van der Waals surface area contributed by atoms with E-state index in [0.717, 1.165) is 0 Å². The van der Waals surface area contributed by atoms with Crippen molar-refractivity contribution in [2.24, 2.45) is 0 Å². The van der Waals surface area contributed by atoms with Gasteiger partial charge in [0.15, 0.2) is 5.78 Å². The Morgan fingerprint density at radius 3 is 2.90 bits per heavy atom. The van der Waals surface area contributed by atoms with Crippen molar-refractivity contribution in [2.45, 2.75) is 19.4 Å². The summed E-state index contributed by atoms with van der Waals surface area (Å²) in [5.41, 5.74) is 1.09. The van der Waals surface area contributed by atoms with Crippen molar-refractivity contribution < 1.29 is 29.3 Å². The van der Waals surface area contributed by atoms with Crippen LogP contribution in [0.5, 0.6) is 11.5 Å². The zero-order valence-corrected chi connectivity index (χ0v) is 16.2. The normalized spacial score (nSPS) is 16.5. The lowest BCUT2D eigenvalue weighted by molar-refractivity contribution is -0.0152. The fraction of sp³-hybridized carbons (Fsp3) is 0.381. The van der Waals surface area contributed by atoms with E-state index in [0.29, 0.717) is 30.8 Å². The van der Waals surface area contributed by atoms with Crippen LogP contribution in [-0.4, -0.2) is 70.8 Å². The summed E-state index contributed by atoms with van der Waals surface area (Å²) in [5, 5.41) is 19.2. The Morgan fingerprint density at radius 2 is 2.14 bits per heavy atom. The van der Waals surface area contributed by atoms with Gasteiger partial charge in [-0.2, -0.15) is 0 Å². The van der Waals surface area contributed by atoms with Crippen LogP contribution in [0.2, 0.25) is 0 Å². The lowest BCUT2D eigenvalue weighted by atomic mass is 10.1. The standard InChI is InChI=1S/C21H24N2O6/c1-14(25)20-18(26)5-2-6-19(20)29-13-15-12-28-11-9-23(15)21(27)16-4-3-8-22-17(16)7-10-24/h2-6,8,15,24,26H,7,9-13H2,1H3/t15-/m0/s1. The summed E-state index contributed by atoms with van der Waals surface area (Å²) in [6.07, 6.45) is 1.88. The van der Waals surface area contributed by atoms with E-state index in [1.165, 1.54) is 13.0 Å². The Labute approximate surface area is 168 Å². The first-order chi connectivity index (χ1) is 14.0. The molecular weight excluding hydrogens is 376 g/mol. The molecule has 0 radical (unpaired) electrons. The summed E-state index contributed by atoms with van der Waals surface area (Å²) in [5.74, 6) is -0.402. The number of rotatable bonds is 7. The Kier molecular flexibility index (Phi) is 6.79. The second-order valence-electron chi connectivity index (χ2n) is 6.72. The second kappa shape index (κ2) is 9.49. The fourth-order valence-corrected chi connectivity index (χ4v) is 3.33. The molecule has 2 N–H and O–H groups in total. The number of morpholine rings is 1. The lowest BCUT2D eigenvalue weighted by Gasteiger charge is -2.35.